The first-order chi connectivity index (χ1) is 6.45. The van der Waals surface area contributed by atoms with Crippen LogP contribution in [0.2, 0.25) is 0 Å². The zero-order chi connectivity index (χ0) is 8.93. The molecule has 0 aromatic carbocycles. The van der Waals surface area contributed by atoms with E-state index in [1.807, 2.05) is 0 Å². The Morgan fingerprint density at radius 1 is 1.00 bits per heavy atom. The van der Waals surface area contributed by atoms with E-state index in [0.717, 1.165) is 25.0 Å². The van der Waals surface area contributed by atoms with Crippen molar-refractivity contribution < 1.29 is 4.74 Å². The molecule has 0 aromatic heterocycles. The number of ether oxygens (including phenoxy) is 1. The average Bonchev–Trinajstić information content (AvgIpc) is 2.69. The Bertz CT molecular complexity index is 172. The fraction of sp³-hybridized carbons (Fsp3) is 0.818. The van der Waals surface area contributed by atoms with Gasteiger partial charge >= 0.3 is 0 Å². The van der Waals surface area contributed by atoms with Crippen molar-refractivity contribution in [2.45, 2.75) is 19.3 Å². The summed E-state index contributed by atoms with van der Waals surface area (Å²) in [5.74, 6) is 1.58. The Kier molecular flexibility index (Phi) is 5.53. The van der Waals surface area contributed by atoms with Crippen molar-refractivity contribution in [2.24, 2.45) is 11.8 Å². The predicted octanol–water partition coefficient (Wildman–Crippen LogP) is 2.00. The van der Waals surface area contributed by atoms with Gasteiger partial charge in [-0.2, -0.15) is 0 Å². The fourth-order valence-electron chi connectivity index (χ4n) is 2.06. The van der Waals surface area contributed by atoms with Crippen molar-refractivity contribution in [1.82, 2.24) is 5.32 Å². The largest absolute Gasteiger partial charge is 0.381 e. The second kappa shape index (κ2) is 6.44. The number of rotatable bonds is 2. The third kappa shape index (κ3) is 3.60. The van der Waals surface area contributed by atoms with Crippen molar-refractivity contribution in [3.8, 4) is 0 Å². The summed E-state index contributed by atoms with van der Waals surface area (Å²) in [4.78, 5) is 0. The highest BCUT2D eigenvalue weighted by molar-refractivity contribution is 5.85. The summed E-state index contributed by atoms with van der Waals surface area (Å²) in [6.07, 6.45) is 8.59. The molecule has 0 aliphatic carbocycles. The first-order valence-electron chi connectivity index (χ1n) is 5.42. The maximum atomic E-state index is 5.33. The number of hydrogen-bond donors (Lipinski definition) is 1. The van der Waals surface area contributed by atoms with Gasteiger partial charge in [0.05, 0.1) is 0 Å². The van der Waals surface area contributed by atoms with E-state index in [1.54, 1.807) is 0 Å². The maximum Gasteiger partial charge on any atom is 0.0471 e. The van der Waals surface area contributed by atoms with Crippen LogP contribution in [0.1, 0.15) is 19.3 Å². The lowest BCUT2D eigenvalue weighted by Gasteiger charge is -2.18. The Morgan fingerprint density at radius 2 is 1.71 bits per heavy atom. The Hall–Kier alpha value is -0.0500. The molecule has 0 aromatic rings. The number of allylic oxidation sites excluding steroid dienone is 1. The number of hydrogen-bond acceptors (Lipinski definition) is 2. The molecule has 2 rings (SSSR count). The predicted molar refractivity (Wildman–Crippen MR) is 60.9 cm³/mol. The molecule has 14 heavy (non-hydrogen) atoms. The lowest BCUT2D eigenvalue weighted by Crippen LogP contribution is -2.14. The molecule has 2 fully saturated rings. The smallest absolute Gasteiger partial charge is 0.0471 e. The molecule has 1 N–H and O–H groups in total. The van der Waals surface area contributed by atoms with Crippen LogP contribution in [-0.2, 0) is 4.74 Å². The molecule has 0 radical (unpaired) electrons. The molecule has 2 saturated heterocycles. The van der Waals surface area contributed by atoms with E-state index in [4.69, 9.17) is 4.74 Å². The quantitative estimate of drug-likeness (QED) is 0.715. The average molecular weight is 218 g/mol. The molecule has 0 amide bonds. The van der Waals surface area contributed by atoms with Gasteiger partial charge in [-0.3, -0.25) is 0 Å². The Labute approximate surface area is 92.5 Å². The molecule has 82 valence electrons. The first-order valence-corrected chi connectivity index (χ1v) is 5.42. The normalized spacial score (nSPS) is 29.3. The van der Waals surface area contributed by atoms with E-state index in [-0.39, 0.29) is 12.4 Å². The van der Waals surface area contributed by atoms with Gasteiger partial charge in [-0.1, -0.05) is 12.2 Å². The van der Waals surface area contributed by atoms with Crippen LogP contribution in [-0.4, -0.2) is 26.3 Å². The van der Waals surface area contributed by atoms with Crippen molar-refractivity contribution in [2.75, 3.05) is 26.3 Å². The topological polar surface area (TPSA) is 21.3 Å². The first kappa shape index (κ1) is 12.0. The number of halogens is 1. The van der Waals surface area contributed by atoms with Gasteiger partial charge in [0.25, 0.3) is 0 Å². The van der Waals surface area contributed by atoms with Crippen molar-refractivity contribution in [3.05, 3.63) is 12.2 Å². The molecular formula is C11H20ClNO. The summed E-state index contributed by atoms with van der Waals surface area (Å²) in [5, 5.41) is 3.38. The van der Waals surface area contributed by atoms with Crippen molar-refractivity contribution >= 4 is 12.4 Å². The lowest BCUT2D eigenvalue weighted by molar-refractivity contribution is 0.0784. The third-order valence-electron chi connectivity index (χ3n) is 3.02. The van der Waals surface area contributed by atoms with Crippen LogP contribution in [0.4, 0.5) is 0 Å². The Balaban J connectivity index is 0.000000980. The van der Waals surface area contributed by atoms with Crippen LogP contribution in [0, 0.1) is 11.8 Å². The molecule has 1 unspecified atom stereocenters. The van der Waals surface area contributed by atoms with Crippen LogP contribution >= 0.6 is 12.4 Å². The minimum atomic E-state index is 0. The van der Waals surface area contributed by atoms with Gasteiger partial charge in [0.2, 0.25) is 0 Å². The second-order valence-corrected chi connectivity index (χ2v) is 4.09. The molecule has 0 spiro atoms. The summed E-state index contributed by atoms with van der Waals surface area (Å²) in [7, 11) is 0. The van der Waals surface area contributed by atoms with Gasteiger partial charge in [0.15, 0.2) is 0 Å². The van der Waals surface area contributed by atoms with Crippen LogP contribution in [0.5, 0.6) is 0 Å². The molecule has 2 nitrogen and oxygen atoms in total. The minimum absolute atomic E-state index is 0. The van der Waals surface area contributed by atoms with Crippen LogP contribution in [0.3, 0.4) is 0 Å². The van der Waals surface area contributed by atoms with E-state index in [0.29, 0.717) is 0 Å². The van der Waals surface area contributed by atoms with Crippen molar-refractivity contribution in [1.29, 1.82) is 0 Å². The summed E-state index contributed by atoms with van der Waals surface area (Å²) < 4.78 is 5.33. The third-order valence-corrected chi connectivity index (χ3v) is 3.02. The zero-order valence-electron chi connectivity index (χ0n) is 8.58. The molecule has 1 atom stereocenters. The van der Waals surface area contributed by atoms with E-state index >= 15 is 0 Å². The summed E-state index contributed by atoms with van der Waals surface area (Å²) in [6.45, 7) is 4.29. The maximum absolute atomic E-state index is 5.33. The van der Waals surface area contributed by atoms with Gasteiger partial charge in [-0.05, 0) is 37.6 Å². The van der Waals surface area contributed by atoms with Gasteiger partial charge in [-0.15, -0.1) is 12.4 Å². The van der Waals surface area contributed by atoms with E-state index in [9.17, 15) is 0 Å². The summed E-state index contributed by atoms with van der Waals surface area (Å²) >= 11 is 0. The van der Waals surface area contributed by atoms with E-state index < -0.39 is 0 Å². The standard InChI is InChI=1S/C11H19NO.ClH/c1(2-11-3-6-12-9-11)10-4-7-13-8-5-10;/h1-2,10-12H,3-9H2;1H/b2-1+;. The molecule has 2 aliphatic rings. The Morgan fingerprint density at radius 3 is 2.36 bits per heavy atom. The van der Waals surface area contributed by atoms with Gasteiger partial charge in [0.1, 0.15) is 0 Å². The molecule has 0 saturated carbocycles. The monoisotopic (exact) mass is 217 g/mol. The van der Waals surface area contributed by atoms with E-state index in [2.05, 4.69) is 17.5 Å². The highest BCUT2D eigenvalue weighted by Gasteiger charge is 2.13. The molecule has 2 heterocycles. The van der Waals surface area contributed by atoms with Crippen LogP contribution in [0.15, 0.2) is 12.2 Å². The molecule has 2 aliphatic heterocycles. The van der Waals surface area contributed by atoms with Crippen molar-refractivity contribution in [3.63, 3.8) is 0 Å². The summed E-state index contributed by atoms with van der Waals surface area (Å²) in [6, 6.07) is 0. The van der Waals surface area contributed by atoms with Gasteiger partial charge in [-0.25, -0.2) is 0 Å². The van der Waals surface area contributed by atoms with Crippen LogP contribution in [0.25, 0.3) is 0 Å². The van der Waals surface area contributed by atoms with Gasteiger partial charge in [0, 0.05) is 19.8 Å². The highest BCUT2D eigenvalue weighted by Crippen LogP contribution is 2.18. The minimum Gasteiger partial charge on any atom is -0.381 e. The van der Waals surface area contributed by atoms with Gasteiger partial charge < -0.3 is 10.1 Å². The number of nitrogens with one attached hydrogen (secondary N) is 1. The molecular weight excluding hydrogens is 198 g/mol. The molecule has 3 heteroatoms. The van der Waals surface area contributed by atoms with E-state index in [1.165, 1.54) is 32.4 Å². The molecule has 0 bridgehead atoms. The van der Waals surface area contributed by atoms with Crippen LogP contribution < -0.4 is 5.32 Å². The highest BCUT2D eigenvalue weighted by atomic mass is 35.5. The summed E-state index contributed by atoms with van der Waals surface area (Å²) in [5.41, 5.74) is 0. The fourth-order valence-corrected chi connectivity index (χ4v) is 2.06. The zero-order valence-corrected chi connectivity index (χ0v) is 9.39. The lowest BCUT2D eigenvalue weighted by atomic mass is 9.97. The second-order valence-electron chi connectivity index (χ2n) is 4.09. The SMILES string of the molecule is C(=C\C1CCNC1)/C1CCOCC1.Cl.